The highest BCUT2D eigenvalue weighted by Gasteiger charge is 2.25. The molecule has 0 aliphatic heterocycles. The molecule has 0 aliphatic rings. The highest BCUT2D eigenvalue weighted by molar-refractivity contribution is 5.97. The molecule has 0 unspecified atom stereocenters. The van der Waals surface area contributed by atoms with Gasteiger partial charge in [-0.25, -0.2) is 0 Å². The van der Waals surface area contributed by atoms with Crippen LogP contribution in [0.15, 0.2) is 18.2 Å². The maximum atomic E-state index is 12.2. The molecular weight excluding hydrogens is 288 g/mol. The van der Waals surface area contributed by atoms with Gasteiger partial charge in [0.05, 0.1) is 0 Å². The van der Waals surface area contributed by atoms with E-state index in [4.69, 9.17) is 6.42 Å². The van der Waals surface area contributed by atoms with Gasteiger partial charge in [0.25, 0.3) is 5.91 Å². The standard InChI is InChI=1S/C18H18N4O/c1-6-13-7-8-14(9-12(13)4)16-15(10-19)17(18(23)20-5)22(21-16)11(2)3/h1,7-9,11H,2-5H3,(H,20,23). The van der Waals surface area contributed by atoms with Crippen molar-refractivity contribution in [2.45, 2.75) is 26.8 Å². The fourth-order valence-corrected chi connectivity index (χ4v) is 2.42. The van der Waals surface area contributed by atoms with E-state index >= 15 is 0 Å². The van der Waals surface area contributed by atoms with Gasteiger partial charge in [0.1, 0.15) is 23.0 Å². The summed E-state index contributed by atoms with van der Waals surface area (Å²) in [6.45, 7) is 5.73. The molecule has 0 bridgehead atoms. The van der Waals surface area contributed by atoms with Gasteiger partial charge >= 0.3 is 0 Å². The summed E-state index contributed by atoms with van der Waals surface area (Å²) < 4.78 is 1.58. The Bertz CT molecular complexity index is 847. The van der Waals surface area contributed by atoms with Gasteiger partial charge in [-0.2, -0.15) is 10.4 Å². The molecule has 0 fully saturated rings. The van der Waals surface area contributed by atoms with E-state index in [0.717, 1.165) is 16.7 Å². The fraction of sp³-hybridized carbons (Fsp3) is 0.278. The number of nitrogens with zero attached hydrogens (tertiary/aromatic N) is 3. The van der Waals surface area contributed by atoms with E-state index in [2.05, 4.69) is 22.4 Å². The molecule has 5 nitrogen and oxygen atoms in total. The number of benzene rings is 1. The first-order valence-electron chi connectivity index (χ1n) is 7.26. The number of hydrogen-bond acceptors (Lipinski definition) is 3. The Morgan fingerprint density at radius 3 is 2.61 bits per heavy atom. The fourth-order valence-electron chi connectivity index (χ4n) is 2.42. The molecule has 1 aromatic carbocycles. The van der Waals surface area contributed by atoms with Crippen LogP contribution in [0.25, 0.3) is 11.3 Å². The summed E-state index contributed by atoms with van der Waals surface area (Å²) in [4.78, 5) is 12.2. The summed E-state index contributed by atoms with van der Waals surface area (Å²) in [6.07, 6.45) is 5.45. The number of aryl methyl sites for hydroxylation is 1. The van der Waals surface area contributed by atoms with Gasteiger partial charge in [-0.3, -0.25) is 9.48 Å². The van der Waals surface area contributed by atoms with Crippen molar-refractivity contribution in [2.75, 3.05) is 7.05 Å². The molecule has 2 aromatic rings. The number of terminal acetylenes is 1. The van der Waals surface area contributed by atoms with Crippen molar-refractivity contribution in [2.24, 2.45) is 0 Å². The normalized spacial score (nSPS) is 10.2. The molecule has 116 valence electrons. The lowest BCUT2D eigenvalue weighted by atomic mass is 10.0. The Balaban J connectivity index is 2.74. The summed E-state index contributed by atoms with van der Waals surface area (Å²) in [6, 6.07) is 7.60. The van der Waals surface area contributed by atoms with Crippen molar-refractivity contribution in [3.05, 3.63) is 40.6 Å². The van der Waals surface area contributed by atoms with Crippen LogP contribution in [-0.2, 0) is 0 Å². The quantitative estimate of drug-likeness (QED) is 0.886. The third-order valence-electron chi connectivity index (χ3n) is 3.61. The molecule has 0 radical (unpaired) electrons. The second kappa shape index (κ2) is 6.37. The van der Waals surface area contributed by atoms with Crippen LogP contribution in [0.3, 0.4) is 0 Å². The third-order valence-corrected chi connectivity index (χ3v) is 3.61. The van der Waals surface area contributed by atoms with Crippen LogP contribution < -0.4 is 5.32 Å². The molecule has 5 heteroatoms. The molecule has 1 amide bonds. The molecular formula is C18H18N4O. The lowest BCUT2D eigenvalue weighted by molar-refractivity contribution is 0.0950. The van der Waals surface area contributed by atoms with Crippen LogP contribution in [0.5, 0.6) is 0 Å². The van der Waals surface area contributed by atoms with Crippen molar-refractivity contribution in [3.8, 4) is 29.7 Å². The Morgan fingerprint density at radius 1 is 1.43 bits per heavy atom. The molecule has 2 rings (SSSR count). The number of rotatable bonds is 3. The van der Waals surface area contributed by atoms with Crippen LogP contribution in [0.4, 0.5) is 0 Å². The zero-order valence-corrected chi connectivity index (χ0v) is 13.6. The highest BCUT2D eigenvalue weighted by Crippen LogP contribution is 2.28. The third kappa shape index (κ3) is 2.82. The van der Waals surface area contributed by atoms with Crippen LogP contribution in [0.1, 0.15) is 47.1 Å². The number of amides is 1. The molecule has 0 atom stereocenters. The second-order valence-corrected chi connectivity index (χ2v) is 5.48. The average molecular weight is 306 g/mol. The van der Waals surface area contributed by atoms with E-state index in [1.54, 1.807) is 4.68 Å². The zero-order valence-electron chi connectivity index (χ0n) is 13.6. The first kappa shape index (κ1) is 16.3. The van der Waals surface area contributed by atoms with E-state index < -0.39 is 0 Å². The minimum Gasteiger partial charge on any atom is -0.354 e. The van der Waals surface area contributed by atoms with E-state index in [-0.39, 0.29) is 23.2 Å². The van der Waals surface area contributed by atoms with Crippen molar-refractivity contribution < 1.29 is 4.79 Å². The maximum absolute atomic E-state index is 12.2. The largest absolute Gasteiger partial charge is 0.354 e. The molecule has 0 saturated carbocycles. The monoisotopic (exact) mass is 306 g/mol. The van der Waals surface area contributed by atoms with E-state index in [9.17, 15) is 10.1 Å². The second-order valence-electron chi connectivity index (χ2n) is 5.48. The Hall–Kier alpha value is -3.05. The number of carbonyl (C=O) groups excluding carboxylic acids is 1. The van der Waals surface area contributed by atoms with Crippen molar-refractivity contribution >= 4 is 5.91 Å². The molecule has 1 aromatic heterocycles. The van der Waals surface area contributed by atoms with Crippen LogP contribution in [0, 0.1) is 30.6 Å². The summed E-state index contributed by atoms with van der Waals surface area (Å²) in [7, 11) is 1.53. The predicted molar refractivity (Wildman–Crippen MR) is 88.8 cm³/mol. The SMILES string of the molecule is C#Cc1ccc(-c2nn(C(C)C)c(C(=O)NC)c2C#N)cc1C. The summed E-state index contributed by atoms with van der Waals surface area (Å²) >= 11 is 0. The smallest absolute Gasteiger partial charge is 0.270 e. The molecule has 0 spiro atoms. The van der Waals surface area contributed by atoms with Crippen LogP contribution in [0.2, 0.25) is 0 Å². The number of nitrogens with one attached hydrogen (secondary N) is 1. The summed E-state index contributed by atoms with van der Waals surface area (Å²) in [5.74, 6) is 2.28. The Kier molecular flexibility index (Phi) is 4.52. The van der Waals surface area contributed by atoms with Gasteiger partial charge in [-0.05, 0) is 38.5 Å². The van der Waals surface area contributed by atoms with Gasteiger partial charge in [0, 0.05) is 24.2 Å². The number of carbonyl (C=O) groups is 1. The Labute approximate surface area is 135 Å². The molecule has 23 heavy (non-hydrogen) atoms. The summed E-state index contributed by atoms with van der Waals surface area (Å²) in [5, 5.41) is 16.6. The zero-order chi connectivity index (χ0) is 17.1. The van der Waals surface area contributed by atoms with Gasteiger partial charge < -0.3 is 5.32 Å². The van der Waals surface area contributed by atoms with Gasteiger partial charge in [-0.1, -0.05) is 12.0 Å². The van der Waals surface area contributed by atoms with Crippen molar-refractivity contribution in [3.63, 3.8) is 0 Å². The maximum Gasteiger partial charge on any atom is 0.270 e. The molecule has 1 N–H and O–H groups in total. The van der Waals surface area contributed by atoms with E-state index in [0.29, 0.717) is 5.69 Å². The lowest BCUT2D eigenvalue weighted by Gasteiger charge is -2.09. The predicted octanol–water partition coefficient (Wildman–Crippen LogP) is 2.65. The molecule has 0 aliphatic carbocycles. The lowest BCUT2D eigenvalue weighted by Crippen LogP contribution is -2.24. The van der Waals surface area contributed by atoms with Gasteiger partial charge in [0.2, 0.25) is 0 Å². The van der Waals surface area contributed by atoms with Gasteiger partial charge in [-0.15, -0.1) is 6.42 Å². The number of nitriles is 1. The highest BCUT2D eigenvalue weighted by atomic mass is 16.1. The van der Waals surface area contributed by atoms with E-state index in [1.807, 2.05) is 39.0 Å². The van der Waals surface area contributed by atoms with Crippen molar-refractivity contribution in [1.82, 2.24) is 15.1 Å². The van der Waals surface area contributed by atoms with Crippen LogP contribution in [-0.4, -0.2) is 22.7 Å². The minimum absolute atomic E-state index is 0.0470. The minimum atomic E-state index is -0.328. The van der Waals surface area contributed by atoms with Gasteiger partial charge in [0.15, 0.2) is 0 Å². The van der Waals surface area contributed by atoms with Crippen molar-refractivity contribution in [1.29, 1.82) is 5.26 Å². The van der Waals surface area contributed by atoms with E-state index in [1.165, 1.54) is 7.05 Å². The molecule has 1 heterocycles. The number of hydrogen-bond donors (Lipinski definition) is 1. The first-order chi connectivity index (χ1) is 10.9. The number of aromatic nitrogens is 2. The Morgan fingerprint density at radius 2 is 2.13 bits per heavy atom. The van der Waals surface area contributed by atoms with Crippen LogP contribution >= 0.6 is 0 Å². The topological polar surface area (TPSA) is 70.7 Å². The average Bonchev–Trinajstić information content (AvgIpc) is 2.93. The first-order valence-corrected chi connectivity index (χ1v) is 7.26. The molecule has 0 saturated heterocycles. The summed E-state index contributed by atoms with van der Waals surface area (Å²) in [5.41, 5.74) is 3.52.